The van der Waals surface area contributed by atoms with Crippen LogP contribution in [-0.4, -0.2) is 57.0 Å². The van der Waals surface area contributed by atoms with Gasteiger partial charge in [-0.1, -0.05) is 0 Å². The molecule has 8 nitrogen and oxygen atoms in total. The number of carbonyl (C=O) groups is 1. The number of hydrogen-bond acceptors (Lipinski definition) is 7. The number of nitrogens with one attached hydrogen (secondary N) is 1. The third-order valence-electron chi connectivity index (χ3n) is 5.16. The van der Waals surface area contributed by atoms with E-state index < -0.39 is 0 Å². The summed E-state index contributed by atoms with van der Waals surface area (Å²) in [6.45, 7) is 5.17. The summed E-state index contributed by atoms with van der Waals surface area (Å²) in [7, 11) is 0. The minimum Gasteiger partial charge on any atom is -0.381 e. The van der Waals surface area contributed by atoms with Crippen LogP contribution >= 0.6 is 0 Å². The Balaban J connectivity index is 1.35. The van der Waals surface area contributed by atoms with Gasteiger partial charge in [0, 0.05) is 56.5 Å². The van der Waals surface area contributed by atoms with E-state index in [2.05, 4.69) is 25.3 Å². The first-order valence-electron chi connectivity index (χ1n) is 8.87. The summed E-state index contributed by atoms with van der Waals surface area (Å²) >= 11 is 0. The van der Waals surface area contributed by atoms with E-state index in [4.69, 9.17) is 4.74 Å². The highest BCUT2D eigenvalue weighted by atomic mass is 16.5. The van der Waals surface area contributed by atoms with Crippen molar-refractivity contribution in [2.75, 3.05) is 31.6 Å². The summed E-state index contributed by atoms with van der Waals surface area (Å²) < 4.78 is 5.42. The molecule has 2 aromatic rings. The molecule has 26 heavy (non-hydrogen) atoms. The Morgan fingerprint density at radius 2 is 1.88 bits per heavy atom. The third-order valence-corrected chi connectivity index (χ3v) is 5.16. The van der Waals surface area contributed by atoms with Crippen molar-refractivity contribution in [1.29, 1.82) is 0 Å². The molecular formula is C18H22N6O2. The van der Waals surface area contributed by atoms with Crippen LogP contribution in [0.25, 0.3) is 0 Å². The third kappa shape index (κ3) is 3.37. The van der Waals surface area contributed by atoms with Gasteiger partial charge in [-0.25, -0.2) is 9.97 Å². The van der Waals surface area contributed by atoms with Gasteiger partial charge in [-0.2, -0.15) is 0 Å². The molecule has 0 aromatic carbocycles. The second-order valence-electron chi connectivity index (χ2n) is 7.07. The number of nitrogens with zero attached hydrogens (tertiary/aromatic N) is 5. The van der Waals surface area contributed by atoms with Crippen molar-refractivity contribution in [3.8, 4) is 0 Å². The van der Waals surface area contributed by atoms with Gasteiger partial charge in [0.15, 0.2) is 0 Å². The highest BCUT2D eigenvalue weighted by Crippen LogP contribution is 2.40. The van der Waals surface area contributed by atoms with Crippen molar-refractivity contribution >= 4 is 11.9 Å². The number of aromatic nitrogens is 4. The number of amides is 1. The molecule has 1 amide bonds. The molecule has 0 bridgehead atoms. The predicted molar refractivity (Wildman–Crippen MR) is 94.5 cm³/mol. The fraction of sp³-hybridized carbons (Fsp3) is 0.500. The Labute approximate surface area is 152 Å². The summed E-state index contributed by atoms with van der Waals surface area (Å²) in [5, 5.41) is 3.16. The van der Waals surface area contributed by atoms with Gasteiger partial charge in [0.25, 0.3) is 5.91 Å². The molecule has 2 aliphatic rings. The minimum atomic E-state index is -0.0750. The number of rotatable bonds is 4. The summed E-state index contributed by atoms with van der Waals surface area (Å²) in [4.78, 5) is 31.3. The SMILES string of the molecule is C[C@@H](Nc1ncc(C(=O)N2CC3(CCOCC3)C2)cn1)c1cnccn1. The van der Waals surface area contributed by atoms with Gasteiger partial charge < -0.3 is 15.0 Å². The molecule has 2 aliphatic heterocycles. The van der Waals surface area contributed by atoms with Crippen LogP contribution in [0.4, 0.5) is 5.95 Å². The van der Waals surface area contributed by atoms with E-state index in [0.717, 1.165) is 44.8 Å². The maximum Gasteiger partial charge on any atom is 0.257 e. The molecule has 0 aliphatic carbocycles. The highest BCUT2D eigenvalue weighted by Gasteiger charge is 2.45. The molecule has 2 saturated heterocycles. The van der Waals surface area contributed by atoms with Gasteiger partial charge in [0.2, 0.25) is 5.95 Å². The first-order valence-corrected chi connectivity index (χ1v) is 8.87. The van der Waals surface area contributed by atoms with E-state index in [9.17, 15) is 4.79 Å². The van der Waals surface area contributed by atoms with Crippen molar-refractivity contribution in [2.24, 2.45) is 5.41 Å². The lowest BCUT2D eigenvalue weighted by atomic mass is 9.73. The Morgan fingerprint density at radius 1 is 1.15 bits per heavy atom. The average molecular weight is 354 g/mol. The highest BCUT2D eigenvalue weighted by molar-refractivity contribution is 5.94. The molecule has 1 atom stereocenters. The Kier molecular flexibility index (Phi) is 4.50. The second-order valence-corrected chi connectivity index (χ2v) is 7.07. The molecule has 0 unspecified atom stereocenters. The normalized spacial score (nSPS) is 19.7. The molecule has 1 spiro atoms. The molecule has 4 heterocycles. The molecular weight excluding hydrogens is 332 g/mol. The van der Waals surface area contributed by atoms with Crippen LogP contribution in [0.1, 0.15) is 41.9 Å². The fourth-order valence-electron chi connectivity index (χ4n) is 3.53. The van der Waals surface area contributed by atoms with Crippen molar-refractivity contribution < 1.29 is 9.53 Å². The van der Waals surface area contributed by atoms with Crippen molar-refractivity contribution in [1.82, 2.24) is 24.8 Å². The van der Waals surface area contributed by atoms with E-state index in [1.165, 1.54) is 0 Å². The molecule has 0 saturated carbocycles. The van der Waals surface area contributed by atoms with Gasteiger partial charge in [0.1, 0.15) is 0 Å². The first-order chi connectivity index (χ1) is 12.7. The van der Waals surface area contributed by atoms with Crippen LogP contribution in [-0.2, 0) is 4.74 Å². The predicted octanol–water partition coefficient (Wildman–Crippen LogP) is 1.69. The monoisotopic (exact) mass is 354 g/mol. The quantitative estimate of drug-likeness (QED) is 0.893. The molecule has 0 radical (unpaired) electrons. The number of ether oxygens (including phenoxy) is 1. The average Bonchev–Trinajstić information content (AvgIpc) is 2.67. The van der Waals surface area contributed by atoms with Crippen molar-refractivity contribution in [2.45, 2.75) is 25.8 Å². The topological polar surface area (TPSA) is 93.1 Å². The number of carbonyl (C=O) groups excluding carboxylic acids is 1. The standard InChI is InChI=1S/C18H22N6O2/c1-13(15-10-19-4-5-20-15)23-17-21-8-14(9-22-17)16(25)24-11-18(12-24)2-6-26-7-3-18/h4-5,8-10,13H,2-3,6-7,11-12H2,1H3,(H,21,22,23)/t13-/m1/s1. The Bertz CT molecular complexity index is 753. The summed E-state index contributed by atoms with van der Waals surface area (Å²) in [6.07, 6.45) is 10.2. The lowest BCUT2D eigenvalue weighted by Crippen LogP contribution is -2.60. The molecule has 136 valence electrons. The molecule has 2 fully saturated rings. The Hall–Kier alpha value is -2.61. The fourth-order valence-corrected chi connectivity index (χ4v) is 3.53. The summed E-state index contributed by atoms with van der Waals surface area (Å²) in [6, 6.07) is -0.0750. The second kappa shape index (κ2) is 6.95. The lowest BCUT2D eigenvalue weighted by Gasteiger charge is -2.52. The zero-order valence-electron chi connectivity index (χ0n) is 14.8. The summed E-state index contributed by atoms with van der Waals surface area (Å²) in [5.41, 5.74) is 1.59. The number of anilines is 1. The van der Waals surface area contributed by atoms with E-state index in [1.54, 1.807) is 31.0 Å². The zero-order chi connectivity index (χ0) is 18.0. The van der Waals surface area contributed by atoms with E-state index in [-0.39, 0.29) is 17.4 Å². The zero-order valence-corrected chi connectivity index (χ0v) is 14.8. The molecule has 4 rings (SSSR count). The van der Waals surface area contributed by atoms with Crippen LogP contribution in [0.3, 0.4) is 0 Å². The van der Waals surface area contributed by atoms with E-state index >= 15 is 0 Å². The van der Waals surface area contributed by atoms with Crippen molar-refractivity contribution in [3.63, 3.8) is 0 Å². The van der Waals surface area contributed by atoms with Crippen LogP contribution < -0.4 is 5.32 Å². The van der Waals surface area contributed by atoms with E-state index in [1.807, 2.05) is 11.8 Å². The smallest absolute Gasteiger partial charge is 0.257 e. The van der Waals surface area contributed by atoms with Gasteiger partial charge in [0.05, 0.1) is 23.5 Å². The van der Waals surface area contributed by atoms with Crippen LogP contribution in [0.2, 0.25) is 0 Å². The molecule has 8 heteroatoms. The lowest BCUT2D eigenvalue weighted by molar-refractivity contribution is -0.0666. The van der Waals surface area contributed by atoms with Crippen molar-refractivity contribution in [3.05, 3.63) is 42.2 Å². The summed E-state index contributed by atoms with van der Waals surface area (Å²) in [5.74, 6) is 0.458. The van der Waals surface area contributed by atoms with Crippen LogP contribution in [0, 0.1) is 5.41 Å². The van der Waals surface area contributed by atoms with E-state index in [0.29, 0.717) is 11.5 Å². The largest absolute Gasteiger partial charge is 0.381 e. The van der Waals surface area contributed by atoms with Crippen LogP contribution in [0.5, 0.6) is 0 Å². The van der Waals surface area contributed by atoms with Gasteiger partial charge in [-0.15, -0.1) is 0 Å². The van der Waals surface area contributed by atoms with Gasteiger partial charge in [-0.05, 0) is 19.8 Å². The van der Waals surface area contributed by atoms with Gasteiger partial charge in [-0.3, -0.25) is 14.8 Å². The maximum atomic E-state index is 12.6. The molecule has 2 aromatic heterocycles. The molecule has 1 N–H and O–H groups in total. The van der Waals surface area contributed by atoms with Crippen LogP contribution in [0.15, 0.2) is 31.0 Å². The number of hydrogen-bond donors (Lipinski definition) is 1. The first kappa shape index (κ1) is 16.8. The Morgan fingerprint density at radius 3 is 2.54 bits per heavy atom. The van der Waals surface area contributed by atoms with Gasteiger partial charge >= 0.3 is 0 Å². The minimum absolute atomic E-state index is 0.00404. The number of likely N-dealkylation sites (tertiary alicyclic amines) is 1. The maximum absolute atomic E-state index is 12.6.